The molecule has 1 atom stereocenters. The highest BCUT2D eigenvalue weighted by molar-refractivity contribution is 7.98. The second-order valence-corrected chi connectivity index (χ2v) is 10.8. The molecule has 1 aliphatic carbocycles. The fourth-order valence-electron chi connectivity index (χ4n) is 4.21. The van der Waals surface area contributed by atoms with Gasteiger partial charge in [0.05, 0.1) is 16.2 Å². The van der Waals surface area contributed by atoms with Crippen LogP contribution in [0.1, 0.15) is 50.5 Å². The van der Waals surface area contributed by atoms with Gasteiger partial charge in [-0.3, -0.25) is 4.79 Å². The lowest BCUT2D eigenvalue weighted by molar-refractivity contribution is -0.275. The monoisotopic (exact) mass is 536 g/mol. The Labute approximate surface area is 207 Å². The van der Waals surface area contributed by atoms with E-state index < -0.39 is 18.2 Å². The minimum absolute atomic E-state index is 0.0795. The van der Waals surface area contributed by atoms with Crippen LogP contribution in [0.5, 0.6) is 0 Å². The van der Waals surface area contributed by atoms with Gasteiger partial charge in [-0.2, -0.15) is 24.9 Å². The number of carbonyl (C=O) groups excluding carboxylic acids is 1. The highest BCUT2D eigenvalue weighted by Crippen LogP contribution is 2.51. The van der Waals surface area contributed by atoms with Crippen molar-refractivity contribution in [2.24, 2.45) is 5.16 Å². The van der Waals surface area contributed by atoms with Gasteiger partial charge in [-0.05, 0) is 61.3 Å². The van der Waals surface area contributed by atoms with Gasteiger partial charge in [-0.15, -0.1) is 11.3 Å². The van der Waals surface area contributed by atoms with Crippen LogP contribution in [0.4, 0.5) is 13.2 Å². The molecule has 1 amide bonds. The Balaban J connectivity index is 1.71. The standard InChI is InChI=1S/C22H21Cl2F3N2O2S2/c1-32-7-6-28-20(30)19-16-5-3-2-4-15(16)18(33-19)17-11-21(31-29-17,22(25,26)27)12-8-13(23)10-14(24)9-12/h8-10H,2-7,11H2,1H3,(H,28,30). The van der Waals surface area contributed by atoms with Crippen molar-refractivity contribution in [2.75, 3.05) is 18.6 Å². The van der Waals surface area contributed by atoms with Gasteiger partial charge < -0.3 is 10.2 Å². The van der Waals surface area contributed by atoms with Crippen LogP contribution in [0.2, 0.25) is 10.0 Å². The number of hydrogen-bond acceptors (Lipinski definition) is 5. The van der Waals surface area contributed by atoms with Gasteiger partial charge in [0.25, 0.3) is 11.5 Å². The topological polar surface area (TPSA) is 50.7 Å². The molecular weight excluding hydrogens is 516 g/mol. The van der Waals surface area contributed by atoms with E-state index in [1.807, 2.05) is 6.26 Å². The summed E-state index contributed by atoms with van der Waals surface area (Å²) in [5.41, 5.74) is -0.878. The number of thioether (sulfide) groups is 1. The molecule has 1 N–H and O–H groups in total. The molecule has 2 aliphatic rings. The number of amides is 1. The number of hydrogen-bond donors (Lipinski definition) is 1. The molecule has 1 aliphatic heterocycles. The summed E-state index contributed by atoms with van der Waals surface area (Å²) in [6.45, 7) is 0.527. The Hall–Kier alpha value is -1.42. The molecule has 1 aromatic heterocycles. The average molecular weight is 537 g/mol. The second-order valence-electron chi connectivity index (χ2n) is 7.96. The normalized spacial score (nSPS) is 20.2. The van der Waals surface area contributed by atoms with E-state index in [4.69, 9.17) is 28.0 Å². The third-order valence-electron chi connectivity index (χ3n) is 5.80. The van der Waals surface area contributed by atoms with E-state index in [1.54, 1.807) is 11.8 Å². The largest absolute Gasteiger partial charge is 0.435 e. The maximum absolute atomic E-state index is 14.4. The molecule has 0 radical (unpaired) electrons. The molecular formula is C22H21Cl2F3N2O2S2. The Morgan fingerprint density at radius 1 is 1.21 bits per heavy atom. The first-order valence-electron chi connectivity index (χ1n) is 10.4. The maximum atomic E-state index is 14.4. The van der Waals surface area contributed by atoms with Crippen molar-refractivity contribution in [3.8, 4) is 0 Å². The van der Waals surface area contributed by atoms with Crippen molar-refractivity contribution in [2.45, 2.75) is 43.9 Å². The highest BCUT2D eigenvalue weighted by atomic mass is 35.5. The van der Waals surface area contributed by atoms with Crippen molar-refractivity contribution in [1.29, 1.82) is 0 Å². The van der Waals surface area contributed by atoms with Crippen LogP contribution in [0, 0.1) is 0 Å². The number of halogens is 5. The maximum Gasteiger partial charge on any atom is 0.435 e. The summed E-state index contributed by atoms with van der Waals surface area (Å²) in [5.74, 6) is 0.588. The molecule has 0 saturated carbocycles. The summed E-state index contributed by atoms with van der Waals surface area (Å²) in [5, 5.41) is 6.97. The summed E-state index contributed by atoms with van der Waals surface area (Å²) < 4.78 is 43.1. The number of nitrogens with zero attached hydrogens (tertiary/aromatic N) is 1. The smallest absolute Gasteiger partial charge is 0.374 e. The minimum Gasteiger partial charge on any atom is -0.374 e. The molecule has 178 valence electrons. The van der Waals surface area contributed by atoms with Crippen LogP contribution in [-0.2, 0) is 23.3 Å². The van der Waals surface area contributed by atoms with Crippen molar-refractivity contribution < 1.29 is 22.8 Å². The Morgan fingerprint density at radius 3 is 2.52 bits per heavy atom. The lowest BCUT2D eigenvalue weighted by Crippen LogP contribution is -2.42. The summed E-state index contributed by atoms with van der Waals surface area (Å²) in [6.07, 6.45) is -0.0674. The summed E-state index contributed by atoms with van der Waals surface area (Å²) in [7, 11) is 0. The van der Waals surface area contributed by atoms with Crippen molar-refractivity contribution in [1.82, 2.24) is 5.32 Å². The number of alkyl halides is 3. The predicted octanol–water partition coefficient (Wildman–Crippen LogP) is 6.61. The zero-order valence-corrected chi connectivity index (χ0v) is 20.8. The number of nitrogens with one attached hydrogen (secondary N) is 1. The van der Waals surface area contributed by atoms with Crippen molar-refractivity contribution in [3.63, 3.8) is 0 Å². The quantitative estimate of drug-likeness (QED) is 0.422. The number of carbonyl (C=O) groups is 1. The molecule has 2 heterocycles. The predicted molar refractivity (Wildman–Crippen MR) is 128 cm³/mol. The van der Waals surface area contributed by atoms with Crippen molar-refractivity contribution >= 4 is 57.9 Å². The molecule has 1 unspecified atom stereocenters. The van der Waals surface area contributed by atoms with Gasteiger partial charge in [0, 0.05) is 27.9 Å². The van der Waals surface area contributed by atoms with E-state index in [2.05, 4.69) is 10.5 Å². The number of thiophene rings is 1. The molecule has 1 aromatic carbocycles. The summed E-state index contributed by atoms with van der Waals surface area (Å²) in [4.78, 5) is 19.1. The second kappa shape index (κ2) is 9.68. The van der Waals surface area contributed by atoms with Gasteiger partial charge in [0.2, 0.25) is 0 Å². The lowest BCUT2D eigenvalue weighted by atomic mass is 9.85. The van der Waals surface area contributed by atoms with Gasteiger partial charge in [-0.1, -0.05) is 28.4 Å². The van der Waals surface area contributed by atoms with Gasteiger partial charge in [0.15, 0.2) is 0 Å². The number of benzene rings is 1. The first-order valence-corrected chi connectivity index (χ1v) is 13.3. The Kier molecular flexibility index (Phi) is 7.24. The van der Waals surface area contributed by atoms with Crippen LogP contribution in [-0.4, -0.2) is 36.3 Å². The van der Waals surface area contributed by atoms with E-state index >= 15 is 0 Å². The average Bonchev–Trinajstić information content (AvgIpc) is 3.36. The fraction of sp³-hybridized carbons (Fsp3) is 0.455. The molecule has 0 spiro atoms. The number of oxime groups is 1. The minimum atomic E-state index is -4.76. The summed E-state index contributed by atoms with van der Waals surface area (Å²) in [6, 6.07) is 3.77. The van der Waals surface area contributed by atoms with E-state index in [-0.39, 0.29) is 27.2 Å². The SMILES string of the molecule is CSCCNC(=O)c1sc(C2=NOC(c3cc(Cl)cc(Cl)c3)(C(F)(F)F)C2)c2c1CCCC2. The number of rotatable bonds is 6. The van der Waals surface area contributed by atoms with Crippen LogP contribution in [0.3, 0.4) is 0 Å². The molecule has 11 heteroatoms. The third-order valence-corrected chi connectivity index (χ3v) is 8.17. The third kappa shape index (κ3) is 4.74. The highest BCUT2D eigenvalue weighted by Gasteiger charge is 2.62. The number of fused-ring (bicyclic) bond motifs is 1. The zero-order valence-electron chi connectivity index (χ0n) is 17.7. The molecule has 4 nitrogen and oxygen atoms in total. The Morgan fingerprint density at radius 2 is 1.88 bits per heavy atom. The molecule has 33 heavy (non-hydrogen) atoms. The Bertz CT molecular complexity index is 1080. The molecule has 4 rings (SSSR count). The van der Waals surface area contributed by atoms with Crippen LogP contribution in [0.25, 0.3) is 0 Å². The van der Waals surface area contributed by atoms with Crippen LogP contribution in [0.15, 0.2) is 23.4 Å². The molecule has 0 saturated heterocycles. The lowest BCUT2D eigenvalue weighted by Gasteiger charge is -2.29. The van der Waals surface area contributed by atoms with E-state index in [0.29, 0.717) is 22.7 Å². The van der Waals surface area contributed by atoms with Gasteiger partial charge in [-0.25, -0.2) is 0 Å². The fourth-order valence-corrected chi connectivity index (χ4v) is 6.33. The molecule has 0 bridgehead atoms. The zero-order chi connectivity index (χ0) is 23.8. The molecule has 2 aromatic rings. The summed E-state index contributed by atoms with van der Waals surface area (Å²) >= 11 is 14.8. The molecule has 0 fully saturated rings. The van der Waals surface area contributed by atoms with Gasteiger partial charge >= 0.3 is 6.18 Å². The van der Waals surface area contributed by atoms with E-state index in [1.165, 1.54) is 29.5 Å². The van der Waals surface area contributed by atoms with E-state index in [9.17, 15) is 18.0 Å². The van der Waals surface area contributed by atoms with Crippen molar-refractivity contribution in [3.05, 3.63) is 54.7 Å². The first kappa shape index (κ1) is 24.7. The van der Waals surface area contributed by atoms with Crippen LogP contribution < -0.4 is 5.32 Å². The first-order chi connectivity index (χ1) is 15.7. The van der Waals surface area contributed by atoms with E-state index in [0.717, 1.165) is 36.1 Å². The van der Waals surface area contributed by atoms with Crippen LogP contribution >= 0.6 is 46.3 Å². The van der Waals surface area contributed by atoms with Gasteiger partial charge in [0.1, 0.15) is 5.71 Å².